The molecule has 1 saturated carbocycles. The van der Waals surface area contributed by atoms with Gasteiger partial charge >= 0.3 is 0 Å². The molecule has 4 rings (SSSR count). The van der Waals surface area contributed by atoms with Crippen molar-refractivity contribution in [2.45, 2.75) is 44.6 Å². The molecule has 4 heteroatoms. The summed E-state index contributed by atoms with van der Waals surface area (Å²) in [6, 6.07) is 12.1. The zero-order valence-electron chi connectivity index (χ0n) is 13.8. The van der Waals surface area contributed by atoms with E-state index >= 15 is 0 Å². The highest BCUT2D eigenvalue weighted by Crippen LogP contribution is 2.30. The van der Waals surface area contributed by atoms with E-state index in [9.17, 15) is 4.79 Å². The molecule has 2 aromatic carbocycles. The van der Waals surface area contributed by atoms with Crippen LogP contribution in [0.1, 0.15) is 49.4 Å². The Morgan fingerprint density at radius 3 is 2.46 bits per heavy atom. The molecule has 1 heterocycles. The molecule has 24 heavy (non-hydrogen) atoms. The molecule has 2 N–H and O–H groups in total. The second kappa shape index (κ2) is 5.92. The first-order chi connectivity index (χ1) is 11.5. The molecule has 1 aromatic heterocycles. The van der Waals surface area contributed by atoms with Gasteiger partial charge in [-0.15, -0.1) is 0 Å². The van der Waals surface area contributed by atoms with Crippen LogP contribution in [0.5, 0.6) is 0 Å². The fraction of sp³-hybridized carbons (Fsp3) is 0.350. The van der Waals surface area contributed by atoms with Crippen LogP contribution in [-0.2, 0) is 0 Å². The number of aromatic nitrogens is 1. The number of benzene rings is 2. The lowest BCUT2D eigenvalue weighted by Crippen LogP contribution is -2.47. The van der Waals surface area contributed by atoms with E-state index in [0.29, 0.717) is 0 Å². The number of H-pyrrole nitrogens is 1. The van der Waals surface area contributed by atoms with Crippen LogP contribution < -0.4 is 5.32 Å². The summed E-state index contributed by atoms with van der Waals surface area (Å²) in [6.45, 7) is 2.17. The van der Waals surface area contributed by atoms with Gasteiger partial charge in [-0.05, 0) is 44.0 Å². The maximum absolute atomic E-state index is 12.7. The number of aromatic amines is 1. The molecule has 1 fully saturated rings. The van der Waals surface area contributed by atoms with Crippen LogP contribution >= 0.6 is 15.9 Å². The first kappa shape index (κ1) is 15.7. The SMILES string of the molecule is CC1(NC(=O)c2ccc3c(c2)[nH]c2cc(Br)ccc23)CCCCC1. The Kier molecular flexibility index (Phi) is 3.87. The molecule has 1 amide bonds. The molecule has 1 aliphatic carbocycles. The Morgan fingerprint density at radius 1 is 1.04 bits per heavy atom. The second-order valence-corrected chi connectivity index (χ2v) is 8.07. The quantitative estimate of drug-likeness (QED) is 0.598. The van der Waals surface area contributed by atoms with Gasteiger partial charge in [-0.2, -0.15) is 0 Å². The monoisotopic (exact) mass is 384 g/mol. The highest BCUT2D eigenvalue weighted by atomic mass is 79.9. The van der Waals surface area contributed by atoms with Crippen molar-refractivity contribution < 1.29 is 4.79 Å². The summed E-state index contributed by atoms with van der Waals surface area (Å²) in [6.07, 6.45) is 5.82. The first-order valence-corrected chi connectivity index (χ1v) is 9.37. The van der Waals surface area contributed by atoms with E-state index < -0.39 is 0 Å². The van der Waals surface area contributed by atoms with E-state index in [0.717, 1.165) is 39.3 Å². The molecule has 124 valence electrons. The Labute approximate surface area is 149 Å². The molecule has 0 spiro atoms. The first-order valence-electron chi connectivity index (χ1n) is 8.58. The van der Waals surface area contributed by atoms with Crippen molar-refractivity contribution in [3.8, 4) is 0 Å². The molecule has 0 bridgehead atoms. The molecule has 3 aromatic rings. The standard InChI is InChI=1S/C20H21BrN2O/c1-20(9-3-2-4-10-20)23-19(24)13-5-7-15-16-8-6-14(21)12-18(16)22-17(15)11-13/h5-8,11-12,22H,2-4,9-10H2,1H3,(H,23,24). The topological polar surface area (TPSA) is 44.9 Å². The highest BCUT2D eigenvalue weighted by Gasteiger charge is 2.28. The number of hydrogen-bond acceptors (Lipinski definition) is 1. The highest BCUT2D eigenvalue weighted by molar-refractivity contribution is 9.10. The van der Waals surface area contributed by atoms with Gasteiger partial charge in [0.1, 0.15) is 0 Å². The minimum absolute atomic E-state index is 0.0288. The van der Waals surface area contributed by atoms with E-state index in [2.05, 4.69) is 45.3 Å². The summed E-state index contributed by atoms with van der Waals surface area (Å²) >= 11 is 3.50. The lowest BCUT2D eigenvalue weighted by Gasteiger charge is -2.34. The summed E-state index contributed by atoms with van der Waals surface area (Å²) in [5.41, 5.74) is 2.75. The number of rotatable bonds is 2. The molecular weight excluding hydrogens is 364 g/mol. The van der Waals surface area contributed by atoms with E-state index in [1.54, 1.807) is 0 Å². The summed E-state index contributed by atoms with van der Waals surface area (Å²) in [7, 11) is 0. The number of carbonyl (C=O) groups excluding carboxylic acids is 1. The van der Waals surface area contributed by atoms with Crippen molar-refractivity contribution in [1.82, 2.24) is 10.3 Å². The van der Waals surface area contributed by atoms with Crippen LogP contribution in [-0.4, -0.2) is 16.4 Å². The van der Waals surface area contributed by atoms with Gasteiger partial charge < -0.3 is 10.3 Å². The molecular formula is C20H21BrN2O. The smallest absolute Gasteiger partial charge is 0.251 e. The van der Waals surface area contributed by atoms with Crippen LogP contribution in [0.25, 0.3) is 21.8 Å². The third-order valence-corrected chi connectivity index (χ3v) is 5.69. The van der Waals surface area contributed by atoms with Gasteiger partial charge in [-0.25, -0.2) is 0 Å². The van der Waals surface area contributed by atoms with Gasteiger partial charge in [0.05, 0.1) is 0 Å². The fourth-order valence-corrected chi connectivity index (χ4v) is 4.19. The van der Waals surface area contributed by atoms with E-state index in [1.165, 1.54) is 24.6 Å². The van der Waals surface area contributed by atoms with Crippen molar-refractivity contribution in [2.24, 2.45) is 0 Å². The van der Waals surface area contributed by atoms with Crippen LogP contribution in [0.4, 0.5) is 0 Å². The third-order valence-electron chi connectivity index (χ3n) is 5.20. The largest absolute Gasteiger partial charge is 0.354 e. The van der Waals surface area contributed by atoms with Gasteiger partial charge in [-0.3, -0.25) is 4.79 Å². The fourth-order valence-electron chi connectivity index (χ4n) is 3.83. The summed E-state index contributed by atoms with van der Waals surface area (Å²) in [5.74, 6) is 0.0288. The van der Waals surface area contributed by atoms with E-state index in [4.69, 9.17) is 0 Å². The zero-order valence-corrected chi connectivity index (χ0v) is 15.4. The summed E-state index contributed by atoms with van der Waals surface area (Å²) in [4.78, 5) is 16.1. The molecule has 0 saturated heterocycles. The number of hydrogen-bond donors (Lipinski definition) is 2. The van der Waals surface area contributed by atoms with Crippen LogP contribution in [0.3, 0.4) is 0 Å². The van der Waals surface area contributed by atoms with Crippen molar-refractivity contribution in [3.05, 3.63) is 46.4 Å². The van der Waals surface area contributed by atoms with Crippen molar-refractivity contribution in [3.63, 3.8) is 0 Å². The minimum Gasteiger partial charge on any atom is -0.354 e. The normalized spacial score (nSPS) is 17.2. The van der Waals surface area contributed by atoms with Crippen molar-refractivity contribution in [1.29, 1.82) is 0 Å². The molecule has 0 radical (unpaired) electrons. The van der Waals surface area contributed by atoms with Gasteiger partial charge in [0.15, 0.2) is 0 Å². The third kappa shape index (κ3) is 2.84. The molecule has 0 aliphatic heterocycles. The number of fused-ring (bicyclic) bond motifs is 3. The number of halogens is 1. The van der Waals surface area contributed by atoms with E-state index in [1.807, 2.05) is 24.3 Å². The lowest BCUT2D eigenvalue weighted by molar-refractivity contribution is 0.0883. The maximum atomic E-state index is 12.7. The van der Waals surface area contributed by atoms with Crippen LogP contribution in [0.15, 0.2) is 40.9 Å². The number of amides is 1. The Morgan fingerprint density at radius 2 is 1.71 bits per heavy atom. The molecule has 0 atom stereocenters. The van der Waals surface area contributed by atoms with Crippen LogP contribution in [0, 0.1) is 0 Å². The van der Waals surface area contributed by atoms with Gasteiger partial charge in [-0.1, -0.05) is 47.3 Å². The number of nitrogens with one attached hydrogen (secondary N) is 2. The van der Waals surface area contributed by atoms with Gasteiger partial charge in [0.25, 0.3) is 5.91 Å². The average molecular weight is 385 g/mol. The van der Waals surface area contributed by atoms with Gasteiger partial charge in [0.2, 0.25) is 0 Å². The van der Waals surface area contributed by atoms with Crippen LogP contribution in [0.2, 0.25) is 0 Å². The van der Waals surface area contributed by atoms with Crippen molar-refractivity contribution >= 4 is 43.6 Å². The number of carbonyl (C=O) groups is 1. The van der Waals surface area contributed by atoms with Crippen molar-refractivity contribution in [2.75, 3.05) is 0 Å². The predicted molar refractivity (Wildman–Crippen MR) is 102 cm³/mol. The molecule has 0 unspecified atom stereocenters. The Balaban J connectivity index is 1.67. The average Bonchev–Trinajstić information content (AvgIpc) is 2.91. The second-order valence-electron chi connectivity index (χ2n) is 7.15. The maximum Gasteiger partial charge on any atom is 0.251 e. The van der Waals surface area contributed by atoms with Gasteiger partial charge in [0, 0.05) is 37.4 Å². The predicted octanol–water partition coefficient (Wildman–Crippen LogP) is 5.54. The lowest BCUT2D eigenvalue weighted by atomic mass is 9.83. The van der Waals surface area contributed by atoms with E-state index in [-0.39, 0.29) is 11.4 Å². The minimum atomic E-state index is -0.0599. The molecule has 3 nitrogen and oxygen atoms in total. The summed E-state index contributed by atoms with van der Waals surface area (Å²) < 4.78 is 1.05. The molecule has 1 aliphatic rings. The Bertz CT molecular complexity index is 922. The zero-order chi connectivity index (χ0) is 16.7. The Hall–Kier alpha value is -1.81. The summed E-state index contributed by atoms with van der Waals surface area (Å²) in [5, 5.41) is 5.59.